The summed E-state index contributed by atoms with van der Waals surface area (Å²) in [5.74, 6) is 0.207. The number of benzene rings is 1. The summed E-state index contributed by atoms with van der Waals surface area (Å²) >= 11 is 0. The lowest BCUT2D eigenvalue weighted by Gasteiger charge is -2.36. The number of fused-ring (bicyclic) bond motifs is 1. The number of carbonyl (C=O) groups excluding carboxylic acids is 2. The Bertz CT molecular complexity index is 1590. The lowest BCUT2D eigenvalue weighted by molar-refractivity contribution is -0.129. The number of pyridine rings is 1. The molecule has 0 unspecified atom stereocenters. The van der Waals surface area contributed by atoms with Crippen molar-refractivity contribution in [2.45, 2.75) is 38.6 Å². The normalized spacial score (nSPS) is 14.5. The fourth-order valence-corrected chi connectivity index (χ4v) is 5.32. The molecule has 0 saturated carbocycles. The van der Waals surface area contributed by atoms with Crippen molar-refractivity contribution in [1.82, 2.24) is 35.1 Å². The lowest BCUT2D eigenvalue weighted by Crippen LogP contribution is -2.45. The second-order valence-electron chi connectivity index (χ2n) is 10.5. The number of para-hydroxylation sites is 1. The van der Waals surface area contributed by atoms with E-state index in [-0.39, 0.29) is 23.4 Å². The number of likely N-dealkylation sites (tertiary alicyclic amines) is 1. The van der Waals surface area contributed by atoms with E-state index in [1.807, 2.05) is 31.0 Å². The largest absolute Gasteiger partial charge is 0.369 e. The SMILES string of the molecule is CNC(=O)c1c(F)cnc2c([C@H](C)CNc3cc(-c4cnc(N(C)C5CCN(C(C)=O)CC5)nc4)ncn3)cccc12. The Kier molecular flexibility index (Phi) is 8.51. The molecule has 4 heterocycles. The molecule has 0 radical (unpaired) electrons. The number of piperidine rings is 1. The lowest BCUT2D eigenvalue weighted by atomic mass is 9.96. The summed E-state index contributed by atoms with van der Waals surface area (Å²) in [5, 5.41) is 6.32. The van der Waals surface area contributed by atoms with Gasteiger partial charge in [-0.15, -0.1) is 0 Å². The summed E-state index contributed by atoms with van der Waals surface area (Å²) in [4.78, 5) is 50.1. The van der Waals surface area contributed by atoms with Crippen molar-refractivity contribution >= 4 is 34.5 Å². The summed E-state index contributed by atoms with van der Waals surface area (Å²) in [6, 6.07) is 7.56. The predicted molar refractivity (Wildman–Crippen MR) is 159 cm³/mol. The van der Waals surface area contributed by atoms with E-state index in [0.29, 0.717) is 34.9 Å². The Morgan fingerprint density at radius 3 is 2.52 bits per heavy atom. The van der Waals surface area contributed by atoms with Crippen LogP contribution in [-0.4, -0.2) is 81.4 Å². The minimum Gasteiger partial charge on any atom is -0.369 e. The van der Waals surface area contributed by atoms with Crippen molar-refractivity contribution in [2.24, 2.45) is 0 Å². The quantitative estimate of drug-likeness (QED) is 0.326. The Hall–Kier alpha value is -4.74. The van der Waals surface area contributed by atoms with Crippen LogP contribution in [0.15, 0.2) is 49.2 Å². The van der Waals surface area contributed by atoms with E-state index in [1.165, 1.54) is 13.4 Å². The Labute approximate surface area is 243 Å². The Morgan fingerprint density at radius 1 is 1.10 bits per heavy atom. The maximum absolute atomic E-state index is 14.4. The number of halogens is 1. The molecule has 1 aliphatic rings. The molecular weight excluding hydrogens is 537 g/mol. The third kappa shape index (κ3) is 5.97. The fraction of sp³-hybridized carbons (Fsp3) is 0.367. The second-order valence-corrected chi connectivity index (χ2v) is 10.5. The smallest absolute Gasteiger partial charge is 0.254 e. The van der Waals surface area contributed by atoms with Crippen molar-refractivity contribution in [3.05, 3.63) is 66.1 Å². The number of amides is 2. The van der Waals surface area contributed by atoms with E-state index < -0.39 is 11.7 Å². The molecule has 3 aromatic heterocycles. The van der Waals surface area contributed by atoms with Gasteiger partial charge in [-0.2, -0.15) is 0 Å². The summed E-state index contributed by atoms with van der Waals surface area (Å²) in [6.07, 6.45) is 7.84. The van der Waals surface area contributed by atoms with Crippen LogP contribution >= 0.6 is 0 Å². The molecule has 1 atom stereocenters. The third-order valence-electron chi connectivity index (χ3n) is 7.83. The second kappa shape index (κ2) is 12.4. The summed E-state index contributed by atoms with van der Waals surface area (Å²) in [6.45, 7) is 5.64. The molecule has 5 rings (SSSR count). The molecule has 0 bridgehead atoms. The van der Waals surface area contributed by atoms with E-state index >= 15 is 0 Å². The first-order valence-corrected chi connectivity index (χ1v) is 13.9. The zero-order valence-electron chi connectivity index (χ0n) is 24.1. The topological polar surface area (TPSA) is 129 Å². The summed E-state index contributed by atoms with van der Waals surface area (Å²) < 4.78 is 14.4. The predicted octanol–water partition coefficient (Wildman–Crippen LogP) is 3.64. The van der Waals surface area contributed by atoms with E-state index in [4.69, 9.17) is 0 Å². The van der Waals surface area contributed by atoms with E-state index in [1.54, 1.807) is 31.5 Å². The van der Waals surface area contributed by atoms with Crippen LogP contribution in [0.2, 0.25) is 0 Å². The van der Waals surface area contributed by atoms with Crippen molar-refractivity contribution < 1.29 is 14.0 Å². The Balaban J connectivity index is 1.26. The molecule has 0 spiro atoms. The maximum Gasteiger partial charge on any atom is 0.254 e. The molecule has 12 heteroatoms. The van der Waals surface area contributed by atoms with Crippen LogP contribution in [0.5, 0.6) is 0 Å². The maximum atomic E-state index is 14.4. The van der Waals surface area contributed by atoms with Gasteiger partial charge < -0.3 is 20.4 Å². The van der Waals surface area contributed by atoms with E-state index in [0.717, 1.165) is 43.3 Å². The van der Waals surface area contributed by atoms with E-state index in [9.17, 15) is 14.0 Å². The molecular formula is C30H34FN9O2. The highest BCUT2D eigenvalue weighted by atomic mass is 19.1. The van der Waals surface area contributed by atoms with E-state index in [2.05, 4.69) is 40.5 Å². The van der Waals surface area contributed by atoms with Gasteiger partial charge in [0.2, 0.25) is 11.9 Å². The highest BCUT2D eigenvalue weighted by Gasteiger charge is 2.25. The van der Waals surface area contributed by atoms with Gasteiger partial charge >= 0.3 is 0 Å². The standard InChI is InChI=1S/C30H34FN9O2/c1-18(22-6-5-7-23-27(29(42)32-3)24(31)16-34-28(22)23)13-33-26-12-25(37-17-38-26)20-14-35-30(36-15-20)39(4)21-8-10-40(11-9-21)19(2)41/h5-7,12,14-18,21H,8-11,13H2,1-4H3,(H,32,42)(H,33,37,38)/t18-/m1/s1. The zero-order valence-corrected chi connectivity index (χ0v) is 24.1. The molecule has 1 saturated heterocycles. The van der Waals surface area contributed by atoms with Crippen LogP contribution < -0.4 is 15.5 Å². The molecule has 11 nitrogen and oxygen atoms in total. The molecule has 1 aromatic carbocycles. The molecule has 2 amide bonds. The summed E-state index contributed by atoms with van der Waals surface area (Å²) in [5.41, 5.74) is 2.91. The van der Waals surface area contributed by atoms with Crippen LogP contribution in [0, 0.1) is 5.82 Å². The number of carbonyl (C=O) groups is 2. The summed E-state index contributed by atoms with van der Waals surface area (Å²) in [7, 11) is 3.46. The number of nitrogens with one attached hydrogen (secondary N) is 2. The fourth-order valence-electron chi connectivity index (χ4n) is 5.32. The van der Waals surface area contributed by atoms with Gasteiger partial charge in [0.15, 0.2) is 5.82 Å². The van der Waals surface area contributed by atoms with Crippen LogP contribution in [0.4, 0.5) is 16.2 Å². The van der Waals surface area contributed by atoms with Crippen LogP contribution in [0.25, 0.3) is 22.2 Å². The van der Waals surface area contributed by atoms with Gasteiger partial charge in [-0.25, -0.2) is 24.3 Å². The van der Waals surface area contributed by atoms with Gasteiger partial charge in [-0.1, -0.05) is 25.1 Å². The number of hydrogen-bond acceptors (Lipinski definition) is 9. The number of rotatable bonds is 8. The molecule has 42 heavy (non-hydrogen) atoms. The van der Waals surface area contributed by atoms with Crippen molar-refractivity contribution in [3.63, 3.8) is 0 Å². The Morgan fingerprint density at radius 2 is 1.83 bits per heavy atom. The number of aromatic nitrogens is 5. The van der Waals surface area contributed by atoms with Crippen LogP contribution in [0.3, 0.4) is 0 Å². The van der Waals surface area contributed by atoms with Gasteiger partial charge in [0.05, 0.1) is 23.0 Å². The first kappa shape index (κ1) is 28.8. The van der Waals surface area contributed by atoms with Gasteiger partial charge in [0.1, 0.15) is 12.1 Å². The molecule has 0 aliphatic carbocycles. The van der Waals surface area contributed by atoms with Gasteiger partial charge in [-0.05, 0) is 18.4 Å². The van der Waals surface area contributed by atoms with Crippen molar-refractivity contribution in [1.29, 1.82) is 0 Å². The molecule has 1 fully saturated rings. The third-order valence-corrected chi connectivity index (χ3v) is 7.83. The zero-order chi connectivity index (χ0) is 29.8. The molecule has 218 valence electrons. The number of nitrogens with zero attached hydrogens (tertiary/aromatic N) is 7. The average Bonchev–Trinajstić information content (AvgIpc) is 3.02. The highest BCUT2D eigenvalue weighted by molar-refractivity contribution is 6.06. The monoisotopic (exact) mass is 571 g/mol. The molecule has 1 aliphatic heterocycles. The highest BCUT2D eigenvalue weighted by Crippen LogP contribution is 2.28. The number of anilines is 2. The molecule has 2 N–H and O–H groups in total. The average molecular weight is 572 g/mol. The van der Waals surface area contributed by atoms with Crippen molar-refractivity contribution in [2.75, 3.05) is 43.9 Å². The first-order chi connectivity index (χ1) is 20.3. The van der Waals surface area contributed by atoms with Crippen molar-refractivity contribution in [3.8, 4) is 11.3 Å². The minimum atomic E-state index is -0.656. The minimum absolute atomic E-state index is 0.0113. The van der Waals surface area contributed by atoms with Gasteiger partial charge in [-0.3, -0.25) is 14.6 Å². The number of hydrogen-bond donors (Lipinski definition) is 2. The van der Waals surface area contributed by atoms with Gasteiger partial charge in [0, 0.05) is 82.0 Å². The first-order valence-electron chi connectivity index (χ1n) is 13.9. The van der Waals surface area contributed by atoms with Crippen LogP contribution in [0.1, 0.15) is 48.5 Å². The molecule has 4 aromatic rings. The van der Waals surface area contributed by atoms with Gasteiger partial charge in [0.25, 0.3) is 5.91 Å². The van der Waals surface area contributed by atoms with Crippen LogP contribution in [-0.2, 0) is 4.79 Å².